The van der Waals surface area contributed by atoms with E-state index in [2.05, 4.69) is 4.99 Å². The molecule has 1 amide bonds. The van der Waals surface area contributed by atoms with Crippen LogP contribution in [0.1, 0.15) is 36.7 Å². The van der Waals surface area contributed by atoms with Gasteiger partial charge in [-0.05, 0) is 26.8 Å². The molecular formula is C13H16N2O2. The van der Waals surface area contributed by atoms with E-state index in [-0.39, 0.29) is 11.4 Å². The highest BCUT2D eigenvalue weighted by molar-refractivity contribution is 6.22. The van der Waals surface area contributed by atoms with Gasteiger partial charge in [-0.1, -0.05) is 18.2 Å². The van der Waals surface area contributed by atoms with Crippen LogP contribution in [0, 0.1) is 0 Å². The number of aliphatic imine (C=N–C) groups is 1. The van der Waals surface area contributed by atoms with Gasteiger partial charge in [0.25, 0.3) is 5.91 Å². The maximum atomic E-state index is 12.0. The Balaban J connectivity index is 2.58. The number of benzene rings is 1. The molecule has 1 aliphatic rings. The Morgan fingerprint density at radius 3 is 2.29 bits per heavy atom. The second-order valence-corrected chi connectivity index (χ2v) is 4.93. The van der Waals surface area contributed by atoms with E-state index < -0.39 is 0 Å². The molecule has 4 nitrogen and oxygen atoms in total. The van der Waals surface area contributed by atoms with Crippen LogP contribution in [0.5, 0.6) is 0 Å². The van der Waals surface area contributed by atoms with E-state index in [0.29, 0.717) is 11.4 Å². The SMILES string of the molecule is CON1C(=O)c2ccccc2C1=NC(C)(C)C. The third-order valence-electron chi connectivity index (χ3n) is 2.40. The van der Waals surface area contributed by atoms with Crippen LogP contribution in [0.15, 0.2) is 29.3 Å². The van der Waals surface area contributed by atoms with E-state index in [4.69, 9.17) is 4.84 Å². The molecule has 0 aromatic heterocycles. The van der Waals surface area contributed by atoms with E-state index in [1.807, 2.05) is 39.0 Å². The molecule has 0 aliphatic carbocycles. The van der Waals surface area contributed by atoms with Crippen molar-refractivity contribution in [2.75, 3.05) is 7.11 Å². The second-order valence-electron chi connectivity index (χ2n) is 4.93. The van der Waals surface area contributed by atoms with Gasteiger partial charge in [0.15, 0.2) is 5.84 Å². The lowest BCUT2D eigenvalue weighted by Gasteiger charge is -2.18. The zero-order valence-corrected chi connectivity index (χ0v) is 10.5. The summed E-state index contributed by atoms with van der Waals surface area (Å²) in [5.41, 5.74) is 1.20. The average molecular weight is 232 g/mol. The highest BCUT2D eigenvalue weighted by Gasteiger charge is 2.34. The first-order valence-corrected chi connectivity index (χ1v) is 5.52. The number of fused-ring (bicyclic) bond motifs is 1. The summed E-state index contributed by atoms with van der Waals surface area (Å²) >= 11 is 0. The molecule has 0 atom stereocenters. The molecule has 0 spiro atoms. The summed E-state index contributed by atoms with van der Waals surface area (Å²) in [5, 5.41) is 1.25. The monoisotopic (exact) mass is 232 g/mol. The summed E-state index contributed by atoms with van der Waals surface area (Å²) in [6.07, 6.45) is 0. The summed E-state index contributed by atoms with van der Waals surface area (Å²) < 4.78 is 0. The van der Waals surface area contributed by atoms with E-state index in [9.17, 15) is 4.79 Å². The molecule has 0 radical (unpaired) electrons. The molecule has 0 N–H and O–H groups in total. The van der Waals surface area contributed by atoms with E-state index in [1.165, 1.54) is 12.2 Å². The lowest BCUT2D eigenvalue weighted by Crippen LogP contribution is -2.31. The maximum Gasteiger partial charge on any atom is 0.284 e. The van der Waals surface area contributed by atoms with Gasteiger partial charge in [0, 0.05) is 5.56 Å². The average Bonchev–Trinajstić information content (AvgIpc) is 2.51. The third-order valence-corrected chi connectivity index (χ3v) is 2.40. The molecule has 1 aromatic carbocycles. The topological polar surface area (TPSA) is 41.9 Å². The van der Waals surface area contributed by atoms with E-state index >= 15 is 0 Å². The number of hydrogen-bond donors (Lipinski definition) is 0. The Hall–Kier alpha value is -1.68. The van der Waals surface area contributed by atoms with Gasteiger partial charge in [-0.25, -0.2) is 0 Å². The van der Waals surface area contributed by atoms with Gasteiger partial charge in [0.1, 0.15) is 0 Å². The lowest BCUT2D eigenvalue weighted by molar-refractivity contribution is -0.0375. The minimum absolute atomic E-state index is 0.161. The zero-order valence-electron chi connectivity index (χ0n) is 10.5. The number of carbonyl (C=O) groups is 1. The normalized spacial score (nSPS) is 17.8. The van der Waals surface area contributed by atoms with Crippen LogP contribution in [-0.2, 0) is 4.84 Å². The predicted molar refractivity (Wildman–Crippen MR) is 65.9 cm³/mol. The quantitative estimate of drug-likeness (QED) is 0.745. The van der Waals surface area contributed by atoms with Crippen LogP contribution >= 0.6 is 0 Å². The summed E-state index contributed by atoms with van der Waals surface area (Å²) in [6, 6.07) is 7.40. The first kappa shape index (κ1) is 11.8. The number of amides is 1. The van der Waals surface area contributed by atoms with E-state index in [0.717, 1.165) is 5.56 Å². The van der Waals surface area contributed by atoms with Crippen LogP contribution in [0.2, 0.25) is 0 Å². The summed E-state index contributed by atoms with van der Waals surface area (Å²) in [4.78, 5) is 21.7. The molecule has 0 bridgehead atoms. The van der Waals surface area contributed by atoms with Crippen LogP contribution in [-0.4, -0.2) is 29.5 Å². The van der Waals surface area contributed by atoms with Gasteiger partial charge in [0.05, 0.1) is 18.2 Å². The molecule has 0 fully saturated rings. The molecule has 4 heteroatoms. The van der Waals surface area contributed by atoms with Crippen molar-refractivity contribution in [3.05, 3.63) is 35.4 Å². The minimum Gasteiger partial charge on any atom is -0.268 e. The van der Waals surface area contributed by atoms with Crippen molar-refractivity contribution in [3.8, 4) is 0 Å². The molecular weight excluding hydrogens is 216 g/mol. The molecule has 0 saturated carbocycles. The standard InChI is InChI=1S/C13H16N2O2/c1-13(2,3)14-11-9-7-5-6-8-10(9)12(16)15(11)17-4/h5-8H,1-4H3. The first-order valence-electron chi connectivity index (χ1n) is 5.52. The molecule has 17 heavy (non-hydrogen) atoms. The Labute approximate surface area is 101 Å². The first-order chi connectivity index (χ1) is 7.94. The molecule has 1 aromatic rings. The highest BCUT2D eigenvalue weighted by atomic mass is 16.7. The number of rotatable bonds is 1. The second kappa shape index (κ2) is 3.96. The van der Waals surface area contributed by atoms with Gasteiger partial charge < -0.3 is 0 Å². The molecule has 0 unspecified atom stereocenters. The Bertz CT molecular complexity index is 486. The summed E-state index contributed by atoms with van der Waals surface area (Å²) in [5.74, 6) is 0.423. The minimum atomic E-state index is -0.260. The molecule has 1 aliphatic heterocycles. The number of hydroxylamine groups is 2. The molecule has 0 saturated heterocycles. The fourth-order valence-electron chi connectivity index (χ4n) is 1.77. The summed E-state index contributed by atoms with van der Waals surface area (Å²) in [6.45, 7) is 5.96. The number of hydrogen-bond acceptors (Lipinski definition) is 3. The largest absolute Gasteiger partial charge is 0.284 e. The molecule has 1 heterocycles. The van der Waals surface area contributed by atoms with Crippen molar-refractivity contribution in [1.82, 2.24) is 5.06 Å². The number of carbonyl (C=O) groups excluding carboxylic acids is 1. The van der Waals surface area contributed by atoms with Crippen LogP contribution in [0.4, 0.5) is 0 Å². The number of nitrogens with zero attached hydrogens (tertiary/aromatic N) is 2. The van der Waals surface area contributed by atoms with Crippen molar-refractivity contribution in [3.63, 3.8) is 0 Å². The van der Waals surface area contributed by atoms with Gasteiger partial charge in [0.2, 0.25) is 0 Å². The third kappa shape index (κ3) is 2.08. The van der Waals surface area contributed by atoms with Crippen LogP contribution < -0.4 is 0 Å². The van der Waals surface area contributed by atoms with E-state index in [1.54, 1.807) is 6.07 Å². The Morgan fingerprint density at radius 1 is 1.18 bits per heavy atom. The van der Waals surface area contributed by atoms with Crippen LogP contribution in [0.3, 0.4) is 0 Å². The molecule has 2 rings (SSSR count). The Morgan fingerprint density at radius 2 is 1.76 bits per heavy atom. The van der Waals surface area contributed by atoms with Gasteiger partial charge in [-0.15, -0.1) is 0 Å². The van der Waals surface area contributed by atoms with Crippen molar-refractivity contribution in [1.29, 1.82) is 0 Å². The smallest absolute Gasteiger partial charge is 0.268 e. The van der Waals surface area contributed by atoms with Crippen molar-refractivity contribution >= 4 is 11.7 Å². The Kier molecular flexibility index (Phi) is 2.75. The fourth-order valence-corrected chi connectivity index (χ4v) is 1.77. The van der Waals surface area contributed by atoms with Crippen molar-refractivity contribution < 1.29 is 9.63 Å². The van der Waals surface area contributed by atoms with Gasteiger partial charge in [-0.3, -0.25) is 14.6 Å². The fraction of sp³-hybridized carbons (Fsp3) is 0.385. The lowest BCUT2D eigenvalue weighted by atomic mass is 10.1. The van der Waals surface area contributed by atoms with Gasteiger partial charge in [-0.2, -0.15) is 5.06 Å². The van der Waals surface area contributed by atoms with Crippen molar-refractivity contribution in [2.24, 2.45) is 4.99 Å². The number of amidine groups is 1. The zero-order chi connectivity index (χ0) is 12.6. The van der Waals surface area contributed by atoms with Crippen LogP contribution in [0.25, 0.3) is 0 Å². The summed E-state index contributed by atoms with van der Waals surface area (Å²) in [7, 11) is 1.47. The maximum absolute atomic E-state index is 12.0. The highest BCUT2D eigenvalue weighted by Crippen LogP contribution is 2.25. The molecule has 90 valence electrons. The van der Waals surface area contributed by atoms with Crippen molar-refractivity contribution in [2.45, 2.75) is 26.3 Å². The van der Waals surface area contributed by atoms with Gasteiger partial charge >= 0.3 is 0 Å². The predicted octanol–water partition coefficient (Wildman–Crippen LogP) is 2.25.